The molecule has 0 bridgehead atoms. The highest BCUT2D eigenvalue weighted by molar-refractivity contribution is 7.03. The van der Waals surface area contributed by atoms with Gasteiger partial charge in [-0.1, -0.05) is 80.9 Å². The van der Waals surface area contributed by atoms with Crippen LogP contribution >= 0.6 is 23.1 Å². The van der Waals surface area contributed by atoms with Crippen molar-refractivity contribution in [2.75, 3.05) is 0 Å². The van der Waals surface area contributed by atoms with Crippen LogP contribution in [-0.4, -0.2) is 19.9 Å². The maximum absolute atomic E-state index is 12.8. The van der Waals surface area contributed by atoms with Crippen LogP contribution < -0.4 is 10.6 Å². The molecule has 6 nitrogen and oxygen atoms in total. The maximum atomic E-state index is 12.8. The second-order valence-electron chi connectivity index (χ2n) is 9.64. The second kappa shape index (κ2) is 12.0. The van der Waals surface area contributed by atoms with Crippen LogP contribution in [0, 0.1) is 5.92 Å². The molecule has 4 rings (SSSR count). The Labute approximate surface area is 225 Å². The van der Waals surface area contributed by atoms with Gasteiger partial charge in [-0.3, -0.25) is 4.79 Å². The standard InChI is InChI=1S/C29H31ClN2O4S/c1-19(2)16-21-8-10-24(11-9-21)20(3)27(33)36-18-23-6-4-22(5-7-23)17-31-28(34)32(37-29(31)35)26-14-12-25(30)13-15-26/h4-15,19-20,27,33H,16-18H2,1-3H3. The van der Waals surface area contributed by atoms with Crippen molar-refractivity contribution in [1.82, 2.24) is 8.52 Å². The molecule has 4 aromatic rings. The normalized spacial score (nSPS) is 13.1. The van der Waals surface area contributed by atoms with Gasteiger partial charge in [0.05, 0.1) is 18.8 Å². The Bertz CT molecular complexity index is 1420. The van der Waals surface area contributed by atoms with Crippen molar-refractivity contribution in [2.45, 2.75) is 52.6 Å². The van der Waals surface area contributed by atoms with Crippen molar-refractivity contribution in [1.29, 1.82) is 0 Å². The number of hydrogen-bond donors (Lipinski definition) is 1. The first-order valence-electron chi connectivity index (χ1n) is 12.3. The summed E-state index contributed by atoms with van der Waals surface area (Å²) >= 11 is 6.78. The Hall–Kier alpha value is -2.97. The van der Waals surface area contributed by atoms with E-state index >= 15 is 0 Å². The Morgan fingerprint density at radius 3 is 2.08 bits per heavy atom. The lowest BCUT2D eigenvalue weighted by molar-refractivity contribution is -0.120. The zero-order chi connectivity index (χ0) is 26.5. The van der Waals surface area contributed by atoms with E-state index in [1.54, 1.807) is 24.3 Å². The molecule has 0 radical (unpaired) electrons. The van der Waals surface area contributed by atoms with Crippen LogP contribution in [0.4, 0.5) is 0 Å². The molecule has 0 fully saturated rings. The number of ether oxygens (including phenoxy) is 1. The average molecular weight is 539 g/mol. The summed E-state index contributed by atoms with van der Waals surface area (Å²) in [5.41, 5.74) is 4.23. The fraction of sp³-hybridized carbons (Fsp3) is 0.310. The van der Waals surface area contributed by atoms with Gasteiger partial charge >= 0.3 is 10.6 Å². The molecule has 2 atom stereocenters. The fourth-order valence-corrected chi connectivity index (χ4v) is 5.00. The van der Waals surface area contributed by atoms with Crippen LogP contribution in [0.15, 0.2) is 82.4 Å². The highest BCUT2D eigenvalue weighted by Crippen LogP contribution is 2.22. The number of hydrogen-bond acceptors (Lipinski definition) is 5. The number of rotatable bonds is 10. The lowest BCUT2D eigenvalue weighted by atomic mass is 9.96. The van der Waals surface area contributed by atoms with Crippen LogP contribution in [0.3, 0.4) is 0 Å². The quantitative estimate of drug-likeness (QED) is 0.267. The molecule has 1 heterocycles. The first-order valence-corrected chi connectivity index (χ1v) is 13.4. The van der Waals surface area contributed by atoms with E-state index < -0.39 is 6.29 Å². The monoisotopic (exact) mass is 538 g/mol. The van der Waals surface area contributed by atoms with E-state index in [2.05, 4.69) is 38.1 Å². The van der Waals surface area contributed by atoms with Gasteiger partial charge in [0.1, 0.15) is 0 Å². The first-order chi connectivity index (χ1) is 17.7. The van der Waals surface area contributed by atoms with Gasteiger partial charge in [-0.25, -0.2) is 13.3 Å². The molecule has 0 saturated carbocycles. The molecule has 1 aromatic heterocycles. The topological polar surface area (TPSA) is 73.5 Å². The van der Waals surface area contributed by atoms with Gasteiger partial charge in [0.15, 0.2) is 6.29 Å². The molecule has 8 heteroatoms. The van der Waals surface area contributed by atoms with Crippen molar-refractivity contribution in [3.8, 4) is 5.69 Å². The Morgan fingerprint density at radius 1 is 0.865 bits per heavy atom. The van der Waals surface area contributed by atoms with E-state index in [1.807, 2.05) is 31.2 Å². The van der Waals surface area contributed by atoms with Crippen LogP contribution in [-0.2, 0) is 24.3 Å². The van der Waals surface area contributed by atoms with Crippen molar-refractivity contribution in [2.24, 2.45) is 5.92 Å². The van der Waals surface area contributed by atoms with E-state index in [0.717, 1.165) is 34.6 Å². The van der Waals surface area contributed by atoms with Crippen LogP contribution in [0.1, 0.15) is 48.9 Å². The SMILES string of the molecule is CC(C)Cc1ccc(C(C)C(O)OCc2ccc(Cn3c(=O)sn(-c4ccc(Cl)cc4)c3=O)cc2)cc1. The molecule has 0 amide bonds. The Morgan fingerprint density at radius 2 is 1.46 bits per heavy atom. The number of benzene rings is 3. The van der Waals surface area contributed by atoms with Gasteiger partial charge < -0.3 is 9.84 Å². The zero-order valence-corrected chi connectivity index (χ0v) is 22.7. The number of aliphatic hydroxyl groups excluding tert-OH is 1. The molecule has 1 N–H and O–H groups in total. The smallest absolute Gasteiger partial charge is 0.346 e. The summed E-state index contributed by atoms with van der Waals surface area (Å²) in [5, 5.41) is 11.1. The third-order valence-corrected chi connectivity index (χ3v) is 7.40. The third-order valence-electron chi connectivity index (χ3n) is 6.22. The van der Waals surface area contributed by atoms with Crippen LogP contribution in [0.25, 0.3) is 5.69 Å². The van der Waals surface area contributed by atoms with Gasteiger partial charge in [-0.05, 0) is 58.9 Å². The van der Waals surface area contributed by atoms with Gasteiger partial charge in [-0.15, -0.1) is 0 Å². The zero-order valence-electron chi connectivity index (χ0n) is 21.1. The maximum Gasteiger partial charge on any atom is 0.346 e. The van der Waals surface area contributed by atoms with E-state index in [4.69, 9.17) is 16.3 Å². The molecule has 0 spiro atoms. The van der Waals surface area contributed by atoms with E-state index in [0.29, 0.717) is 16.6 Å². The summed E-state index contributed by atoms with van der Waals surface area (Å²) in [6.07, 6.45) is 0.0924. The summed E-state index contributed by atoms with van der Waals surface area (Å²) in [6.45, 7) is 6.76. The van der Waals surface area contributed by atoms with Crippen molar-refractivity contribution < 1.29 is 9.84 Å². The molecule has 194 valence electrons. The molecular formula is C29H31ClN2O4S. The van der Waals surface area contributed by atoms with Crippen molar-refractivity contribution in [3.63, 3.8) is 0 Å². The van der Waals surface area contributed by atoms with Gasteiger partial charge in [-0.2, -0.15) is 0 Å². The predicted molar refractivity (Wildman–Crippen MR) is 149 cm³/mol. The second-order valence-corrected chi connectivity index (χ2v) is 11.0. The van der Waals surface area contributed by atoms with Crippen LogP contribution in [0.2, 0.25) is 5.02 Å². The molecule has 0 aliphatic carbocycles. The summed E-state index contributed by atoms with van der Waals surface area (Å²) in [5.74, 6) is 0.434. The largest absolute Gasteiger partial charge is 0.367 e. The lowest BCUT2D eigenvalue weighted by Crippen LogP contribution is -2.28. The molecule has 0 aliphatic rings. The number of aromatic nitrogens is 2. The Balaban J connectivity index is 1.35. The summed E-state index contributed by atoms with van der Waals surface area (Å²) in [6, 6.07) is 22.6. The fourth-order valence-electron chi connectivity index (χ4n) is 4.07. The highest BCUT2D eigenvalue weighted by atomic mass is 35.5. The summed E-state index contributed by atoms with van der Waals surface area (Å²) in [7, 11) is 0. The van der Waals surface area contributed by atoms with E-state index in [-0.39, 0.29) is 29.6 Å². The first kappa shape index (κ1) is 27.1. The molecule has 3 aromatic carbocycles. The highest BCUT2D eigenvalue weighted by Gasteiger charge is 2.17. The summed E-state index contributed by atoms with van der Waals surface area (Å²) in [4.78, 5) is 25.0. The molecule has 2 unspecified atom stereocenters. The number of halogens is 1. The van der Waals surface area contributed by atoms with Gasteiger partial charge in [0, 0.05) is 22.5 Å². The molecule has 0 aliphatic heterocycles. The summed E-state index contributed by atoms with van der Waals surface area (Å²) < 4.78 is 8.31. The van der Waals surface area contributed by atoms with Gasteiger partial charge in [0.2, 0.25) is 0 Å². The van der Waals surface area contributed by atoms with Crippen molar-refractivity contribution >= 4 is 23.1 Å². The lowest BCUT2D eigenvalue weighted by Gasteiger charge is -2.20. The molecule has 37 heavy (non-hydrogen) atoms. The Kier molecular flexibility index (Phi) is 8.82. The van der Waals surface area contributed by atoms with Crippen LogP contribution in [0.5, 0.6) is 0 Å². The number of nitrogens with zero attached hydrogens (tertiary/aromatic N) is 2. The molecular weight excluding hydrogens is 508 g/mol. The average Bonchev–Trinajstić information content (AvgIpc) is 3.16. The minimum absolute atomic E-state index is 0.166. The molecule has 0 saturated heterocycles. The van der Waals surface area contributed by atoms with E-state index in [9.17, 15) is 14.7 Å². The number of aliphatic hydroxyl groups is 1. The third kappa shape index (κ3) is 6.87. The van der Waals surface area contributed by atoms with Gasteiger partial charge in [0.25, 0.3) is 0 Å². The predicted octanol–water partition coefficient (Wildman–Crippen LogP) is 5.60. The minimum Gasteiger partial charge on any atom is -0.367 e. The minimum atomic E-state index is -0.939. The van der Waals surface area contributed by atoms with Crippen molar-refractivity contribution in [3.05, 3.63) is 120 Å². The van der Waals surface area contributed by atoms with E-state index in [1.165, 1.54) is 14.1 Å².